The van der Waals surface area contributed by atoms with Crippen LogP contribution in [0.1, 0.15) is 85.3 Å². The average molecular weight is 753 g/mol. The van der Waals surface area contributed by atoms with Gasteiger partial charge in [-0.2, -0.15) is 0 Å². The largest absolute Gasteiger partial charge is 0.444 e. The number of nitrogens with one attached hydrogen (secondary N) is 1. The zero-order valence-corrected chi connectivity index (χ0v) is 33.0. The van der Waals surface area contributed by atoms with Gasteiger partial charge in [0.05, 0.1) is 34.2 Å². The molecular formula is C35H56N6O6S3. The highest BCUT2D eigenvalue weighted by atomic mass is 32.2. The molecule has 15 heteroatoms. The third-order valence-electron chi connectivity index (χ3n) is 10.3. The Kier molecular flexibility index (Phi) is 13.5. The quantitative estimate of drug-likeness (QED) is 0.268. The van der Waals surface area contributed by atoms with Crippen LogP contribution in [0.25, 0.3) is 0 Å². The van der Waals surface area contributed by atoms with Gasteiger partial charge in [-0.05, 0) is 43.4 Å². The highest BCUT2D eigenvalue weighted by molar-refractivity contribution is 8.00. The molecular weight excluding hydrogens is 697 g/mol. The number of sulfonamides is 1. The third-order valence-corrected chi connectivity index (χ3v) is 14.3. The summed E-state index contributed by atoms with van der Waals surface area (Å²) in [5.41, 5.74) is -0.0980. The topological polar surface area (TPSA) is 138 Å². The van der Waals surface area contributed by atoms with Gasteiger partial charge in [-0.15, -0.1) is 11.8 Å². The molecule has 3 atom stereocenters. The number of hydrogen-bond donors (Lipinski definition) is 1. The molecule has 2 saturated heterocycles. The molecule has 50 heavy (non-hydrogen) atoms. The molecule has 0 unspecified atom stereocenters. The minimum absolute atomic E-state index is 0.0245. The lowest BCUT2D eigenvalue weighted by molar-refractivity contribution is -0.143. The summed E-state index contributed by atoms with van der Waals surface area (Å²) in [6, 6.07) is 0. The first-order valence-electron chi connectivity index (χ1n) is 18.1. The van der Waals surface area contributed by atoms with Gasteiger partial charge < -0.3 is 19.4 Å². The van der Waals surface area contributed by atoms with Crippen LogP contribution in [0.5, 0.6) is 0 Å². The van der Waals surface area contributed by atoms with Crippen molar-refractivity contribution in [1.82, 2.24) is 24.1 Å². The number of thiazole rings is 1. The standard InChI is InChI=1S/C35H56N6O6S3/c1-24(2)27-8-7-25(3)19-28(27)46-22-31(42)40-15-13-39(14-16-40)17-18-50(44,45)41-11-9-26(10-12-41)33(43)38-34-37-21-32(49-34)48-23-30-36-20-29(47-30)35(4,5)6/h20-21,24-28H,7-19,22-23H2,1-6H3,(H,37,38,43)/t25-,27+,28-/m1/s1. The number of piperazine rings is 1. The van der Waals surface area contributed by atoms with E-state index in [0.29, 0.717) is 93.2 Å². The summed E-state index contributed by atoms with van der Waals surface area (Å²) in [6.45, 7) is 16.6. The van der Waals surface area contributed by atoms with Crippen LogP contribution < -0.4 is 5.32 Å². The van der Waals surface area contributed by atoms with E-state index in [9.17, 15) is 18.0 Å². The predicted octanol–water partition coefficient (Wildman–Crippen LogP) is 5.32. The van der Waals surface area contributed by atoms with Crippen LogP contribution in [0.15, 0.2) is 21.0 Å². The summed E-state index contributed by atoms with van der Waals surface area (Å²) >= 11 is 2.96. The van der Waals surface area contributed by atoms with Crippen molar-refractivity contribution in [3.05, 3.63) is 24.0 Å². The minimum Gasteiger partial charge on any atom is -0.444 e. The van der Waals surface area contributed by atoms with Gasteiger partial charge in [-0.3, -0.25) is 14.5 Å². The molecule has 12 nitrogen and oxygen atoms in total. The molecule has 1 aliphatic carbocycles. The Bertz CT molecular complexity index is 1520. The first kappa shape index (κ1) is 39.2. The summed E-state index contributed by atoms with van der Waals surface area (Å²) in [7, 11) is -3.46. The number of piperidine rings is 1. The molecule has 0 spiro atoms. The lowest BCUT2D eigenvalue weighted by Crippen LogP contribution is -2.51. The van der Waals surface area contributed by atoms with E-state index in [4.69, 9.17) is 9.15 Å². The van der Waals surface area contributed by atoms with E-state index in [1.165, 1.54) is 22.1 Å². The van der Waals surface area contributed by atoms with Crippen molar-refractivity contribution in [3.63, 3.8) is 0 Å². The lowest BCUT2D eigenvalue weighted by atomic mass is 9.75. The van der Waals surface area contributed by atoms with E-state index in [0.717, 1.165) is 22.8 Å². The molecule has 2 aromatic rings. The number of carbonyl (C=O) groups is 2. The third kappa shape index (κ3) is 10.8. The maximum absolute atomic E-state index is 13.2. The SMILES string of the molecule is CC(C)[C@@H]1CC[C@@H](C)C[C@H]1OCC(=O)N1CCN(CCS(=O)(=O)N2CCC(C(=O)Nc3ncc(SCc4ncc(C(C)(C)C)o4)s3)CC2)CC1. The maximum Gasteiger partial charge on any atom is 0.248 e. The van der Waals surface area contributed by atoms with Crippen molar-refractivity contribution < 1.29 is 27.2 Å². The van der Waals surface area contributed by atoms with E-state index in [2.05, 4.69) is 61.7 Å². The van der Waals surface area contributed by atoms with E-state index >= 15 is 0 Å². The zero-order valence-electron chi connectivity index (χ0n) is 30.6. The molecule has 0 bridgehead atoms. The molecule has 2 aliphatic heterocycles. The number of ether oxygens (including phenoxy) is 1. The molecule has 0 radical (unpaired) electrons. The average Bonchev–Trinajstić information content (AvgIpc) is 3.75. The Morgan fingerprint density at radius 2 is 1.78 bits per heavy atom. The molecule has 4 heterocycles. The first-order valence-corrected chi connectivity index (χ1v) is 21.5. The first-order chi connectivity index (χ1) is 23.7. The van der Waals surface area contributed by atoms with E-state index < -0.39 is 10.0 Å². The predicted molar refractivity (Wildman–Crippen MR) is 198 cm³/mol. The maximum atomic E-state index is 13.2. The Morgan fingerprint density at radius 1 is 1.06 bits per heavy atom. The number of amides is 2. The molecule has 5 rings (SSSR count). The zero-order chi connectivity index (χ0) is 36.1. The second kappa shape index (κ2) is 17.2. The number of nitrogens with zero attached hydrogens (tertiary/aromatic N) is 5. The highest BCUT2D eigenvalue weighted by Gasteiger charge is 2.34. The van der Waals surface area contributed by atoms with Gasteiger partial charge in [-0.25, -0.2) is 22.7 Å². The number of aromatic nitrogens is 2. The number of carbonyl (C=O) groups excluding carboxylic acids is 2. The summed E-state index contributed by atoms with van der Waals surface area (Å²) in [6.07, 6.45) is 7.99. The van der Waals surface area contributed by atoms with Crippen LogP contribution in [-0.4, -0.2) is 109 Å². The lowest BCUT2D eigenvalue weighted by Gasteiger charge is -2.38. The van der Waals surface area contributed by atoms with Gasteiger partial charge >= 0.3 is 0 Å². The molecule has 2 aromatic heterocycles. The van der Waals surface area contributed by atoms with Crippen molar-refractivity contribution in [3.8, 4) is 0 Å². The number of hydrogen-bond acceptors (Lipinski definition) is 11. The summed E-state index contributed by atoms with van der Waals surface area (Å²) in [5.74, 6) is 3.41. The minimum atomic E-state index is -3.46. The Labute approximate surface area is 306 Å². The van der Waals surface area contributed by atoms with Crippen LogP contribution in [0, 0.1) is 23.7 Å². The molecule has 3 fully saturated rings. The van der Waals surface area contributed by atoms with Crippen molar-refractivity contribution in [2.24, 2.45) is 23.7 Å². The van der Waals surface area contributed by atoms with Crippen molar-refractivity contribution in [2.45, 2.75) is 95.1 Å². The van der Waals surface area contributed by atoms with E-state index in [-0.39, 0.29) is 41.6 Å². The van der Waals surface area contributed by atoms with Crippen LogP contribution >= 0.6 is 23.1 Å². The van der Waals surface area contributed by atoms with Crippen LogP contribution in [-0.2, 0) is 35.5 Å². The van der Waals surface area contributed by atoms with Crippen molar-refractivity contribution >= 4 is 50.1 Å². The normalized spacial score (nSPS) is 23.4. The van der Waals surface area contributed by atoms with Gasteiger partial charge in [0.1, 0.15) is 12.4 Å². The Morgan fingerprint density at radius 3 is 2.44 bits per heavy atom. The summed E-state index contributed by atoms with van der Waals surface area (Å²) < 4.78 is 41.0. The molecule has 280 valence electrons. The molecule has 0 aromatic carbocycles. The fourth-order valence-electron chi connectivity index (χ4n) is 7.01. The fourth-order valence-corrected chi connectivity index (χ4v) is 10.3. The van der Waals surface area contributed by atoms with Crippen LogP contribution in [0.4, 0.5) is 5.13 Å². The number of rotatable bonds is 13. The van der Waals surface area contributed by atoms with Gasteiger partial charge in [-0.1, -0.05) is 59.3 Å². The van der Waals surface area contributed by atoms with Crippen molar-refractivity contribution in [1.29, 1.82) is 0 Å². The Hall–Kier alpha value is -2.04. The van der Waals surface area contributed by atoms with Gasteiger partial charge in [0.25, 0.3) is 0 Å². The van der Waals surface area contributed by atoms with Crippen LogP contribution in [0.3, 0.4) is 0 Å². The molecule has 3 aliphatic rings. The number of oxazole rings is 1. The second-order valence-corrected chi connectivity index (χ2v) is 19.9. The van der Waals surface area contributed by atoms with Crippen LogP contribution in [0.2, 0.25) is 0 Å². The monoisotopic (exact) mass is 752 g/mol. The number of thioether (sulfide) groups is 1. The Balaban J connectivity index is 0.979. The van der Waals surface area contributed by atoms with E-state index in [1.807, 2.05) is 4.90 Å². The molecule has 1 N–H and O–H groups in total. The van der Waals surface area contributed by atoms with E-state index in [1.54, 1.807) is 24.2 Å². The van der Waals surface area contributed by atoms with Gasteiger partial charge in [0.15, 0.2) is 5.13 Å². The second-order valence-electron chi connectivity index (χ2n) is 15.5. The molecule has 2 amide bonds. The van der Waals surface area contributed by atoms with Gasteiger partial charge in [0, 0.05) is 57.1 Å². The summed E-state index contributed by atoms with van der Waals surface area (Å²) in [4.78, 5) is 38.7. The number of anilines is 1. The van der Waals surface area contributed by atoms with Gasteiger partial charge in [0.2, 0.25) is 27.7 Å². The van der Waals surface area contributed by atoms with Crippen molar-refractivity contribution in [2.75, 3.05) is 63.5 Å². The highest BCUT2D eigenvalue weighted by Crippen LogP contribution is 2.36. The molecule has 1 saturated carbocycles. The smallest absolute Gasteiger partial charge is 0.248 e. The fraction of sp³-hybridized carbons (Fsp3) is 0.771. The summed E-state index contributed by atoms with van der Waals surface area (Å²) in [5, 5.41) is 3.46.